The second-order valence-electron chi connectivity index (χ2n) is 2.54. The monoisotopic (exact) mass is 212 g/mol. The molecule has 0 saturated heterocycles. The number of allylic oxidation sites excluding steroid dienone is 2. The number of hydrogen-bond donors (Lipinski definition) is 0. The van der Waals surface area contributed by atoms with Crippen LogP contribution in [0.1, 0.15) is 5.56 Å². The van der Waals surface area contributed by atoms with E-state index >= 15 is 0 Å². The summed E-state index contributed by atoms with van der Waals surface area (Å²) in [4.78, 5) is 0. The zero-order valence-electron chi connectivity index (χ0n) is 9.00. The molecule has 0 amide bonds. The molecule has 1 aromatic carbocycles. The Morgan fingerprint density at radius 3 is 2.12 bits per heavy atom. The normalized spacial score (nSPS) is 8.94. The van der Waals surface area contributed by atoms with Crippen molar-refractivity contribution in [1.29, 1.82) is 10.5 Å². The van der Waals surface area contributed by atoms with Crippen LogP contribution in [0.15, 0.2) is 48.7 Å². The molecule has 3 heteroatoms. The van der Waals surface area contributed by atoms with E-state index in [0.717, 1.165) is 5.56 Å². The van der Waals surface area contributed by atoms with Gasteiger partial charge in [0.05, 0.1) is 31.6 Å². The predicted octanol–water partition coefficient (Wildman–Crippen LogP) is 2.89. The second kappa shape index (κ2) is 10.6. The van der Waals surface area contributed by atoms with Gasteiger partial charge in [0.15, 0.2) is 0 Å². The Morgan fingerprint density at radius 1 is 1.06 bits per heavy atom. The molecule has 0 unspecified atom stereocenters. The fourth-order valence-corrected chi connectivity index (χ4v) is 0.796. The Balaban J connectivity index is 0.000000325. The maximum Gasteiger partial charge on any atom is 0.0944 e. The average Bonchev–Trinajstić information content (AvgIpc) is 2.36. The Kier molecular flexibility index (Phi) is 8.90. The quantitative estimate of drug-likeness (QED) is 0.559. The van der Waals surface area contributed by atoms with Gasteiger partial charge in [-0.3, -0.25) is 0 Å². The molecule has 0 bridgehead atoms. The van der Waals surface area contributed by atoms with Gasteiger partial charge in [-0.05, 0) is 11.6 Å². The summed E-state index contributed by atoms with van der Waals surface area (Å²) in [5.41, 5.74) is 1.06. The third-order valence-electron chi connectivity index (χ3n) is 1.43. The van der Waals surface area contributed by atoms with Gasteiger partial charge in [-0.25, -0.2) is 0 Å². The summed E-state index contributed by atoms with van der Waals surface area (Å²) in [6.45, 7) is 0. The minimum atomic E-state index is 1.06. The van der Waals surface area contributed by atoms with Crippen LogP contribution in [-0.2, 0) is 4.74 Å². The molecule has 0 aliphatic rings. The molecule has 3 nitrogen and oxygen atoms in total. The van der Waals surface area contributed by atoms with E-state index in [1.807, 2.05) is 36.4 Å². The minimum absolute atomic E-state index is 1.06. The van der Waals surface area contributed by atoms with Crippen molar-refractivity contribution in [2.75, 3.05) is 7.11 Å². The van der Waals surface area contributed by atoms with Crippen LogP contribution in [0.3, 0.4) is 0 Å². The summed E-state index contributed by atoms with van der Waals surface area (Å²) < 4.78 is 4.38. The molecule has 1 aromatic rings. The van der Waals surface area contributed by atoms with Crippen LogP contribution >= 0.6 is 0 Å². The van der Waals surface area contributed by atoms with E-state index in [1.54, 1.807) is 12.1 Å². The second-order valence-corrected chi connectivity index (χ2v) is 2.54. The van der Waals surface area contributed by atoms with Crippen LogP contribution < -0.4 is 0 Å². The summed E-state index contributed by atoms with van der Waals surface area (Å²) in [6, 6.07) is 13.4. The topological polar surface area (TPSA) is 56.8 Å². The molecule has 0 spiro atoms. The van der Waals surface area contributed by atoms with E-state index in [0.29, 0.717) is 0 Å². The maximum atomic E-state index is 8.19. The first-order chi connectivity index (χ1) is 7.85. The zero-order chi connectivity index (χ0) is 12.1. The molecular formula is C13H12N2O. The number of ether oxygens (including phenoxy) is 1. The van der Waals surface area contributed by atoms with Gasteiger partial charge in [0.25, 0.3) is 0 Å². The molecule has 0 heterocycles. The van der Waals surface area contributed by atoms with Crippen molar-refractivity contribution < 1.29 is 4.74 Å². The summed E-state index contributed by atoms with van der Waals surface area (Å²) in [5, 5.41) is 16.0. The van der Waals surface area contributed by atoms with Crippen molar-refractivity contribution in [3.8, 4) is 12.1 Å². The highest BCUT2D eigenvalue weighted by Crippen LogP contribution is 1.99. The van der Waals surface area contributed by atoms with Crippen molar-refractivity contribution >= 4 is 6.08 Å². The summed E-state index contributed by atoms with van der Waals surface area (Å²) in [7, 11) is 1.49. The van der Waals surface area contributed by atoms with Gasteiger partial charge < -0.3 is 4.74 Å². The van der Waals surface area contributed by atoms with E-state index in [-0.39, 0.29) is 0 Å². The van der Waals surface area contributed by atoms with Crippen molar-refractivity contribution in [2.24, 2.45) is 0 Å². The highest BCUT2D eigenvalue weighted by atomic mass is 16.5. The van der Waals surface area contributed by atoms with Crippen molar-refractivity contribution in [3.63, 3.8) is 0 Å². The first-order valence-corrected chi connectivity index (χ1v) is 4.53. The lowest BCUT2D eigenvalue weighted by atomic mass is 10.2. The fraction of sp³-hybridized carbons (Fsp3) is 0.0769. The third kappa shape index (κ3) is 8.10. The number of nitrogens with zero attached hydrogens (tertiary/aromatic N) is 2. The Labute approximate surface area is 95.5 Å². The molecule has 1 rings (SSSR count). The number of benzene rings is 1. The molecule has 0 N–H and O–H groups in total. The molecule has 0 fully saturated rings. The molecule has 0 saturated carbocycles. The first-order valence-electron chi connectivity index (χ1n) is 4.53. The zero-order valence-corrected chi connectivity index (χ0v) is 9.00. The van der Waals surface area contributed by atoms with E-state index in [9.17, 15) is 0 Å². The molecule has 80 valence electrons. The molecule has 0 radical (unpaired) electrons. The predicted molar refractivity (Wildman–Crippen MR) is 62.9 cm³/mol. The number of hydrogen-bond acceptors (Lipinski definition) is 3. The maximum absolute atomic E-state index is 8.19. The molecule has 0 aliphatic carbocycles. The molecule has 0 aliphatic heterocycles. The molecule has 0 atom stereocenters. The third-order valence-corrected chi connectivity index (χ3v) is 1.43. The lowest BCUT2D eigenvalue weighted by Crippen LogP contribution is -1.65. The smallest absolute Gasteiger partial charge is 0.0944 e. The number of methoxy groups -OCH3 is 1. The fourth-order valence-electron chi connectivity index (χ4n) is 0.796. The Hall–Kier alpha value is -2.52. The molecule has 0 aromatic heterocycles. The van der Waals surface area contributed by atoms with Crippen LogP contribution in [0.5, 0.6) is 0 Å². The Bertz CT molecular complexity index is 408. The van der Waals surface area contributed by atoms with Crippen LogP contribution in [0.4, 0.5) is 0 Å². The SMILES string of the molecule is COC=CC#N.N#CC=Cc1ccccc1. The van der Waals surface area contributed by atoms with Gasteiger partial charge in [0.2, 0.25) is 0 Å². The standard InChI is InChI=1S/C9H7N.C4H5NO/c10-8-4-7-9-5-2-1-3-6-9;1-6-4-2-3-5/h1-7H;2,4H,1H3. The largest absolute Gasteiger partial charge is 0.504 e. The van der Waals surface area contributed by atoms with Crippen molar-refractivity contribution in [2.45, 2.75) is 0 Å². The minimum Gasteiger partial charge on any atom is -0.504 e. The van der Waals surface area contributed by atoms with E-state index in [1.165, 1.54) is 25.5 Å². The summed E-state index contributed by atoms with van der Waals surface area (Å²) >= 11 is 0. The number of rotatable bonds is 2. The van der Waals surface area contributed by atoms with E-state index < -0.39 is 0 Å². The Morgan fingerprint density at radius 2 is 1.69 bits per heavy atom. The van der Waals surface area contributed by atoms with E-state index in [2.05, 4.69) is 4.74 Å². The van der Waals surface area contributed by atoms with Crippen molar-refractivity contribution in [3.05, 3.63) is 54.3 Å². The van der Waals surface area contributed by atoms with Crippen molar-refractivity contribution in [1.82, 2.24) is 0 Å². The summed E-state index contributed by atoms with van der Waals surface area (Å²) in [6.07, 6.45) is 5.83. The van der Waals surface area contributed by atoms with E-state index in [4.69, 9.17) is 10.5 Å². The van der Waals surface area contributed by atoms with Crippen LogP contribution in [0.2, 0.25) is 0 Å². The summed E-state index contributed by atoms with van der Waals surface area (Å²) in [5.74, 6) is 0. The van der Waals surface area contributed by atoms with Gasteiger partial charge in [0, 0.05) is 6.08 Å². The number of nitriles is 2. The van der Waals surface area contributed by atoms with Gasteiger partial charge in [-0.15, -0.1) is 0 Å². The van der Waals surface area contributed by atoms with Gasteiger partial charge >= 0.3 is 0 Å². The average molecular weight is 212 g/mol. The van der Waals surface area contributed by atoms with Crippen LogP contribution in [0.25, 0.3) is 6.08 Å². The lowest BCUT2D eigenvalue weighted by molar-refractivity contribution is 0.338. The van der Waals surface area contributed by atoms with Gasteiger partial charge in [-0.1, -0.05) is 30.3 Å². The van der Waals surface area contributed by atoms with Gasteiger partial charge in [-0.2, -0.15) is 10.5 Å². The lowest BCUT2D eigenvalue weighted by Gasteiger charge is -1.86. The molecular weight excluding hydrogens is 200 g/mol. The van der Waals surface area contributed by atoms with Crippen LogP contribution in [-0.4, -0.2) is 7.11 Å². The highest BCUT2D eigenvalue weighted by molar-refractivity contribution is 5.51. The van der Waals surface area contributed by atoms with Gasteiger partial charge in [0.1, 0.15) is 0 Å². The van der Waals surface area contributed by atoms with Crippen LogP contribution in [0, 0.1) is 22.7 Å². The highest BCUT2D eigenvalue weighted by Gasteiger charge is 1.79. The molecule has 16 heavy (non-hydrogen) atoms. The first kappa shape index (κ1) is 13.5.